The predicted octanol–water partition coefficient (Wildman–Crippen LogP) is 3.39. The highest BCUT2D eigenvalue weighted by Crippen LogP contribution is 2.34. The fourth-order valence-electron chi connectivity index (χ4n) is 2.83. The molecule has 0 aliphatic rings. The highest BCUT2D eigenvalue weighted by Gasteiger charge is 2.26. The van der Waals surface area contributed by atoms with Crippen LogP contribution in [0.5, 0.6) is 0 Å². The number of anilines is 1. The summed E-state index contributed by atoms with van der Waals surface area (Å²) < 4.78 is 6.75. The number of hydrogen-bond donors (Lipinski definition) is 2. The number of ether oxygens (including phenoxy) is 1. The summed E-state index contributed by atoms with van der Waals surface area (Å²) in [5.74, 6) is -0.702. The fraction of sp³-hybridized carbons (Fsp3) is 0.474. The number of thiocarbonyl (C=S) groups is 1. The number of esters is 1. The van der Waals surface area contributed by atoms with Crippen molar-refractivity contribution in [3.8, 4) is 0 Å². The van der Waals surface area contributed by atoms with Gasteiger partial charge in [0.25, 0.3) is 5.91 Å². The van der Waals surface area contributed by atoms with E-state index in [-0.39, 0.29) is 5.91 Å². The molecule has 11 heteroatoms. The van der Waals surface area contributed by atoms with Crippen LogP contribution < -0.4 is 10.6 Å². The largest absolute Gasteiger partial charge is 0.465 e. The summed E-state index contributed by atoms with van der Waals surface area (Å²) in [5.41, 5.74) is 2.63. The number of carbonyl (C=O) groups excluding carboxylic acids is 2. The second-order valence-electron chi connectivity index (χ2n) is 6.89. The van der Waals surface area contributed by atoms with Crippen molar-refractivity contribution in [1.29, 1.82) is 0 Å². The van der Waals surface area contributed by atoms with Crippen molar-refractivity contribution in [1.82, 2.24) is 20.0 Å². The van der Waals surface area contributed by atoms with Gasteiger partial charge in [-0.3, -0.25) is 9.48 Å². The third-order valence-electron chi connectivity index (χ3n) is 4.49. The maximum atomic E-state index is 12.4. The summed E-state index contributed by atoms with van der Waals surface area (Å²) in [7, 11) is 4.63. The number of thiophene rings is 1. The molecule has 2 N–H and O–H groups in total. The summed E-state index contributed by atoms with van der Waals surface area (Å²) >= 11 is 12.7. The van der Waals surface area contributed by atoms with Gasteiger partial charge in [-0.25, -0.2) is 4.79 Å². The second kappa shape index (κ2) is 10.2. The Balaban J connectivity index is 2.03. The molecular weight excluding hydrogens is 446 g/mol. The van der Waals surface area contributed by atoms with Crippen molar-refractivity contribution >= 4 is 57.1 Å². The number of hydrogen-bond acceptors (Lipinski definition) is 6. The van der Waals surface area contributed by atoms with Crippen LogP contribution in [0, 0.1) is 20.8 Å². The Kier molecular flexibility index (Phi) is 8.22. The standard InChI is InChI=1S/C19H26ClN5O3S2/c1-10-13(18(27)28-6)16(30-15(10)17(26)24(4)5)22-19(29)21-8-7-9-25-12(3)14(20)11(2)23-25/h7-9H2,1-6H3,(H2,21,22,29). The maximum absolute atomic E-state index is 12.4. The molecule has 0 saturated carbocycles. The van der Waals surface area contributed by atoms with Gasteiger partial charge in [0.2, 0.25) is 0 Å². The van der Waals surface area contributed by atoms with Gasteiger partial charge >= 0.3 is 5.97 Å². The molecule has 0 aliphatic carbocycles. The average molecular weight is 472 g/mol. The highest BCUT2D eigenvalue weighted by atomic mass is 35.5. The first kappa shape index (κ1) is 24.1. The van der Waals surface area contributed by atoms with Crippen LogP contribution >= 0.6 is 35.2 Å². The van der Waals surface area contributed by atoms with Gasteiger partial charge in [-0.2, -0.15) is 5.10 Å². The molecule has 0 bridgehead atoms. The molecule has 2 heterocycles. The lowest BCUT2D eigenvalue weighted by atomic mass is 10.1. The van der Waals surface area contributed by atoms with E-state index in [1.165, 1.54) is 23.3 Å². The van der Waals surface area contributed by atoms with Gasteiger partial charge in [0.1, 0.15) is 5.00 Å². The lowest BCUT2D eigenvalue weighted by Gasteiger charge is -2.11. The predicted molar refractivity (Wildman–Crippen MR) is 124 cm³/mol. The Morgan fingerprint density at radius 1 is 1.30 bits per heavy atom. The highest BCUT2D eigenvalue weighted by molar-refractivity contribution is 7.80. The second-order valence-corrected chi connectivity index (χ2v) is 8.70. The number of amides is 1. The SMILES string of the molecule is COC(=O)c1c(NC(=S)NCCCn2nc(C)c(Cl)c2C)sc(C(=O)N(C)C)c1C. The molecule has 8 nitrogen and oxygen atoms in total. The summed E-state index contributed by atoms with van der Waals surface area (Å²) in [6.45, 7) is 6.83. The molecule has 30 heavy (non-hydrogen) atoms. The topological polar surface area (TPSA) is 88.5 Å². The number of halogens is 1. The molecular formula is C19H26ClN5O3S2. The van der Waals surface area contributed by atoms with E-state index in [0.29, 0.717) is 44.2 Å². The first-order valence-electron chi connectivity index (χ1n) is 9.26. The van der Waals surface area contributed by atoms with Crippen LogP contribution in [0.2, 0.25) is 5.02 Å². The molecule has 0 aliphatic heterocycles. The number of methoxy groups -OCH3 is 1. The summed E-state index contributed by atoms with van der Waals surface area (Å²) in [6.07, 6.45) is 0.776. The normalized spacial score (nSPS) is 10.6. The monoisotopic (exact) mass is 471 g/mol. The number of aromatic nitrogens is 2. The van der Waals surface area contributed by atoms with Crippen molar-refractivity contribution in [3.63, 3.8) is 0 Å². The minimum absolute atomic E-state index is 0.182. The zero-order valence-electron chi connectivity index (χ0n) is 17.9. The van der Waals surface area contributed by atoms with Crippen LogP contribution in [0.3, 0.4) is 0 Å². The van der Waals surface area contributed by atoms with Crippen LogP contribution in [0.1, 0.15) is 43.4 Å². The van der Waals surface area contributed by atoms with Crippen molar-refractivity contribution in [2.24, 2.45) is 0 Å². The van der Waals surface area contributed by atoms with Gasteiger partial charge in [0.05, 0.1) is 34.0 Å². The zero-order chi connectivity index (χ0) is 22.6. The number of rotatable bonds is 7. The summed E-state index contributed by atoms with van der Waals surface area (Å²) in [5, 5.41) is 12.1. The van der Waals surface area contributed by atoms with Crippen LogP contribution in [-0.4, -0.2) is 59.4 Å². The number of carbonyl (C=O) groups is 2. The lowest BCUT2D eigenvalue weighted by molar-refractivity contribution is 0.0601. The Morgan fingerprint density at radius 2 is 1.97 bits per heavy atom. The number of nitrogens with one attached hydrogen (secondary N) is 2. The molecule has 0 saturated heterocycles. The number of nitrogens with zero attached hydrogens (tertiary/aromatic N) is 3. The Morgan fingerprint density at radius 3 is 2.50 bits per heavy atom. The quantitative estimate of drug-likeness (QED) is 0.363. The molecule has 0 aromatic carbocycles. The van der Waals surface area contributed by atoms with Gasteiger partial charge < -0.3 is 20.3 Å². The molecule has 0 spiro atoms. The third kappa shape index (κ3) is 5.30. The van der Waals surface area contributed by atoms with Crippen molar-refractivity contribution in [2.45, 2.75) is 33.7 Å². The number of aryl methyl sites for hydroxylation is 2. The Bertz CT molecular complexity index is 968. The van der Waals surface area contributed by atoms with Crippen LogP contribution in [0.4, 0.5) is 5.00 Å². The Hall–Kier alpha value is -2.17. The summed E-state index contributed by atoms with van der Waals surface area (Å²) in [6, 6.07) is 0. The van der Waals surface area contributed by atoms with Gasteiger partial charge in [-0.1, -0.05) is 11.6 Å². The van der Waals surface area contributed by atoms with Crippen LogP contribution in [0.25, 0.3) is 0 Å². The average Bonchev–Trinajstić information content (AvgIpc) is 3.14. The smallest absolute Gasteiger partial charge is 0.341 e. The molecule has 0 fully saturated rings. The minimum Gasteiger partial charge on any atom is -0.465 e. The van der Waals surface area contributed by atoms with Gasteiger partial charge in [0, 0.05) is 27.2 Å². The fourth-order valence-corrected chi connectivity index (χ4v) is 4.45. The van der Waals surface area contributed by atoms with E-state index >= 15 is 0 Å². The molecule has 2 aromatic rings. The zero-order valence-corrected chi connectivity index (χ0v) is 20.3. The van der Waals surface area contributed by atoms with E-state index in [1.54, 1.807) is 21.0 Å². The molecule has 1 amide bonds. The first-order valence-corrected chi connectivity index (χ1v) is 10.9. The van der Waals surface area contributed by atoms with E-state index in [9.17, 15) is 9.59 Å². The van der Waals surface area contributed by atoms with E-state index in [2.05, 4.69) is 15.7 Å². The Labute approximate surface area is 190 Å². The minimum atomic E-state index is -0.520. The molecule has 164 valence electrons. The van der Waals surface area contributed by atoms with Gasteiger partial charge in [-0.15, -0.1) is 11.3 Å². The molecule has 0 atom stereocenters. The van der Waals surface area contributed by atoms with Gasteiger partial charge in [-0.05, 0) is 45.0 Å². The lowest BCUT2D eigenvalue weighted by Crippen LogP contribution is -2.30. The molecule has 2 aromatic heterocycles. The van der Waals surface area contributed by atoms with E-state index in [1.807, 2.05) is 18.5 Å². The first-order chi connectivity index (χ1) is 14.1. The maximum Gasteiger partial charge on any atom is 0.341 e. The van der Waals surface area contributed by atoms with Crippen molar-refractivity contribution < 1.29 is 14.3 Å². The van der Waals surface area contributed by atoms with Crippen LogP contribution in [-0.2, 0) is 11.3 Å². The van der Waals surface area contributed by atoms with E-state index < -0.39 is 5.97 Å². The molecule has 2 rings (SSSR count). The van der Waals surface area contributed by atoms with E-state index in [4.69, 9.17) is 28.6 Å². The van der Waals surface area contributed by atoms with Crippen molar-refractivity contribution in [2.75, 3.05) is 33.1 Å². The molecule has 0 radical (unpaired) electrons. The van der Waals surface area contributed by atoms with Gasteiger partial charge in [0.15, 0.2) is 5.11 Å². The summed E-state index contributed by atoms with van der Waals surface area (Å²) in [4.78, 5) is 26.6. The third-order valence-corrected chi connectivity index (χ3v) is 6.48. The van der Waals surface area contributed by atoms with E-state index in [0.717, 1.165) is 17.8 Å². The molecule has 0 unspecified atom stereocenters. The van der Waals surface area contributed by atoms with Crippen molar-refractivity contribution in [3.05, 3.63) is 32.4 Å². The van der Waals surface area contributed by atoms with Crippen LogP contribution in [0.15, 0.2) is 0 Å².